The van der Waals surface area contributed by atoms with Crippen molar-refractivity contribution in [3.63, 3.8) is 0 Å². The number of nitrogens with zero attached hydrogens (tertiary/aromatic N) is 2. The minimum atomic E-state index is -0.572. The Labute approximate surface area is 274 Å². The van der Waals surface area contributed by atoms with Crippen molar-refractivity contribution in [2.75, 3.05) is 21.3 Å². The Balaban J connectivity index is 2.02. The molecule has 2 aliphatic heterocycles. The fourth-order valence-corrected chi connectivity index (χ4v) is 6.78. The van der Waals surface area contributed by atoms with Gasteiger partial charge in [0.2, 0.25) is 0 Å². The lowest BCUT2D eigenvalue weighted by atomic mass is 9.84. The zero-order chi connectivity index (χ0) is 34.2. The number of carbonyl (C=O) groups is 3. The first-order valence-corrected chi connectivity index (χ1v) is 15.8. The van der Waals surface area contributed by atoms with E-state index in [0.29, 0.717) is 34.6 Å². The molecule has 0 fully saturated rings. The number of hydrogen-bond donors (Lipinski definition) is 2. The summed E-state index contributed by atoms with van der Waals surface area (Å²) in [7, 11) is 4.00. The van der Waals surface area contributed by atoms with Crippen LogP contribution in [-0.2, 0) is 41.4 Å². The van der Waals surface area contributed by atoms with Gasteiger partial charge in [-0.2, -0.15) is 0 Å². The number of allylic oxidation sites excluding steroid dienone is 1. The summed E-state index contributed by atoms with van der Waals surface area (Å²) < 4.78 is 15.3. The summed E-state index contributed by atoms with van der Waals surface area (Å²) in [5, 5.41) is 0. The van der Waals surface area contributed by atoms with E-state index in [4.69, 9.17) is 24.2 Å². The fraction of sp³-hybridized carbons (Fsp3) is 0.378. The normalized spacial score (nSPS) is 15.8. The summed E-state index contributed by atoms with van der Waals surface area (Å²) in [5.41, 5.74) is 11.4. The third-order valence-corrected chi connectivity index (χ3v) is 9.56. The highest BCUT2D eigenvalue weighted by Gasteiger charge is 2.36. The van der Waals surface area contributed by atoms with Crippen LogP contribution < -0.4 is 0 Å². The number of aromatic nitrogens is 4. The second kappa shape index (κ2) is 13.4. The molecule has 0 unspecified atom stereocenters. The van der Waals surface area contributed by atoms with Crippen LogP contribution in [0.5, 0.6) is 0 Å². The maximum Gasteiger partial charge on any atom is 0.340 e. The van der Waals surface area contributed by atoms with Gasteiger partial charge in [-0.25, -0.2) is 9.78 Å². The number of ether oxygens (including phenoxy) is 3. The van der Waals surface area contributed by atoms with Crippen LogP contribution in [0, 0.1) is 13.8 Å². The standard InChI is InChI=1S/C37H42N4O6/c1-10-22-18(3)26-15-28-20(5)24(12-13-32(42)45-7)35(40-28)25(14-33(43)46-8)36-34(37(44)47-9)21(6)29(41-36)17-31-23(11-2)19(4)27(39-31)16-30(22)38-26/h10,15-17,20,24,38-39H,1,11-14H2,2-9H3/t20-,24-/m0/s1. The first-order chi connectivity index (χ1) is 22.5. The second-order valence-corrected chi connectivity index (χ2v) is 12.0. The van der Waals surface area contributed by atoms with E-state index in [2.05, 4.69) is 36.5 Å². The summed E-state index contributed by atoms with van der Waals surface area (Å²) in [4.78, 5) is 56.1. The van der Waals surface area contributed by atoms with Crippen LogP contribution >= 0.6 is 0 Å². The number of fused-ring (bicyclic) bond motifs is 8. The molecule has 2 aliphatic rings. The molecule has 246 valence electrons. The average Bonchev–Trinajstić information content (AvgIpc) is 3.74. The van der Waals surface area contributed by atoms with E-state index in [1.807, 2.05) is 39.0 Å². The van der Waals surface area contributed by atoms with E-state index in [0.717, 1.165) is 56.4 Å². The molecule has 10 nitrogen and oxygen atoms in total. The zero-order valence-electron chi connectivity index (χ0n) is 28.3. The van der Waals surface area contributed by atoms with Gasteiger partial charge in [-0.1, -0.05) is 26.5 Å². The van der Waals surface area contributed by atoms with Gasteiger partial charge in [-0.15, -0.1) is 0 Å². The number of methoxy groups -OCH3 is 3. The van der Waals surface area contributed by atoms with Crippen LogP contribution in [-0.4, -0.2) is 59.2 Å². The second-order valence-electron chi connectivity index (χ2n) is 12.0. The number of esters is 3. The Morgan fingerprint density at radius 1 is 0.872 bits per heavy atom. The molecular formula is C37H42N4O6. The largest absolute Gasteiger partial charge is 0.469 e. The lowest BCUT2D eigenvalue weighted by Crippen LogP contribution is -2.15. The first-order valence-electron chi connectivity index (χ1n) is 15.8. The minimum absolute atomic E-state index is 0.148. The zero-order valence-corrected chi connectivity index (χ0v) is 28.3. The highest BCUT2D eigenvalue weighted by atomic mass is 16.5. The third kappa shape index (κ3) is 6.00. The van der Waals surface area contributed by atoms with Gasteiger partial charge in [-0.3, -0.25) is 14.6 Å². The van der Waals surface area contributed by atoms with Crippen molar-refractivity contribution in [2.24, 2.45) is 0 Å². The van der Waals surface area contributed by atoms with Crippen LogP contribution in [0.3, 0.4) is 0 Å². The molecule has 0 amide bonds. The number of nitrogens with one attached hydrogen (secondary N) is 2. The van der Waals surface area contributed by atoms with Gasteiger partial charge in [-0.05, 0) is 74.1 Å². The summed E-state index contributed by atoms with van der Waals surface area (Å²) in [5.74, 6) is -1.86. The molecule has 0 radical (unpaired) electrons. The van der Waals surface area contributed by atoms with Crippen LogP contribution in [0.1, 0.15) is 96.0 Å². The van der Waals surface area contributed by atoms with Crippen LogP contribution in [0.2, 0.25) is 0 Å². The van der Waals surface area contributed by atoms with Crippen molar-refractivity contribution in [2.45, 2.75) is 72.1 Å². The molecule has 0 saturated heterocycles. The molecule has 0 saturated carbocycles. The number of hydrogen-bond acceptors (Lipinski definition) is 8. The quantitative estimate of drug-likeness (QED) is 0.203. The van der Waals surface area contributed by atoms with Crippen molar-refractivity contribution < 1.29 is 28.6 Å². The molecule has 5 rings (SSSR count). The molecule has 10 heteroatoms. The average molecular weight is 639 g/mol. The van der Waals surface area contributed by atoms with Gasteiger partial charge in [0.15, 0.2) is 0 Å². The van der Waals surface area contributed by atoms with E-state index in [-0.39, 0.29) is 36.2 Å². The topological polar surface area (TPSA) is 136 Å². The van der Waals surface area contributed by atoms with Gasteiger partial charge in [0.05, 0.1) is 50.4 Å². The van der Waals surface area contributed by atoms with Crippen molar-refractivity contribution in [3.05, 3.63) is 75.4 Å². The Bertz CT molecular complexity index is 2000. The number of rotatable bonds is 8. The molecule has 0 aliphatic carbocycles. The smallest absolute Gasteiger partial charge is 0.340 e. The Morgan fingerprint density at radius 3 is 2.19 bits per heavy atom. The van der Waals surface area contributed by atoms with E-state index < -0.39 is 11.9 Å². The molecule has 0 spiro atoms. The predicted octanol–water partition coefficient (Wildman–Crippen LogP) is 6.80. The molecular weight excluding hydrogens is 596 g/mol. The maximum absolute atomic E-state index is 13.4. The number of aryl methyl sites for hydroxylation is 3. The van der Waals surface area contributed by atoms with Crippen molar-refractivity contribution in [1.82, 2.24) is 19.9 Å². The van der Waals surface area contributed by atoms with Crippen LogP contribution in [0.25, 0.3) is 39.3 Å². The summed E-state index contributed by atoms with van der Waals surface area (Å²) in [6.45, 7) is 14.2. The Kier molecular flexibility index (Phi) is 9.51. The van der Waals surface area contributed by atoms with E-state index >= 15 is 0 Å². The Morgan fingerprint density at radius 2 is 1.55 bits per heavy atom. The van der Waals surface area contributed by atoms with Crippen molar-refractivity contribution in [3.8, 4) is 0 Å². The van der Waals surface area contributed by atoms with E-state index in [1.54, 1.807) is 0 Å². The van der Waals surface area contributed by atoms with Crippen LogP contribution in [0.4, 0.5) is 0 Å². The van der Waals surface area contributed by atoms with Gasteiger partial charge in [0, 0.05) is 57.1 Å². The lowest BCUT2D eigenvalue weighted by Gasteiger charge is -2.18. The summed E-state index contributed by atoms with van der Waals surface area (Å²) >= 11 is 0. The highest BCUT2D eigenvalue weighted by Crippen LogP contribution is 2.44. The molecule has 3 aromatic heterocycles. The van der Waals surface area contributed by atoms with Gasteiger partial charge >= 0.3 is 17.9 Å². The molecule has 2 atom stereocenters. The molecule has 47 heavy (non-hydrogen) atoms. The SMILES string of the molecule is C=Cc1c(C)c2cc3nc(c(CC(=O)OC)c4nc(cc5[nH]c(cc1[nH]2)c(C)c5CC)C(C)=C4C(=O)OC)[C@@H](CCC(=O)OC)[C@@H]3C. The molecule has 8 bridgehead atoms. The molecule has 5 heterocycles. The van der Waals surface area contributed by atoms with Crippen LogP contribution in [0.15, 0.2) is 24.8 Å². The minimum Gasteiger partial charge on any atom is -0.469 e. The van der Waals surface area contributed by atoms with E-state index in [9.17, 15) is 14.4 Å². The summed E-state index contributed by atoms with van der Waals surface area (Å²) in [6, 6.07) is 6.04. The number of carbonyl (C=O) groups excluding carboxylic acids is 3. The van der Waals surface area contributed by atoms with E-state index in [1.165, 1.54) is 21.3 Å². The van der Waals surface area contributed by atoms with Crippen molar-refractivity contribution >= 4 is 57.2 Å². The van der Waals surface area contributed by atoms with Crippen molar-refractivity contribution in [1.29, 1.82) is 0 Å². The Hall–Kier alpha value is -4.99. The van der Waals surface area contributed by atoms with Gasteiger partial charge in [0.1, 0.15) is 0 Å². The molecule has 2 N–H and O–H groups in total. The molecule has 0 aromatic carbocycles. The predicted molar refractivity (Wildman–Crippen MR) is 183 cm³/mol. The maximum atomic E-state index is 13.4. The molecule has 3 aromatic rings. The number of H-pyrrole nitrogens is 2. The van der Waals surface area contributed by atoms with Gasteiger partial charge in [0.25, 0.3) is 0 Å². The monoisotopic (exact) mass is 638 g/mol. The summed E-state index contributed by atoms with van der Waals surface area (Å²) in [6.07, 6.45) is 2.99. The first kappa shape index (κ1) is 33.4. The lowest BCUT2D eigenvalue weighted by molar-refractivity contribution is -0.141. The number of aromatic amines is 2. The van der Waals surface area contributed by atoms with Gasteiger partial charge < -0.3 is 24.2 Å². The highest BCUT2D eigenvalue weighted by molar-refractivity contribution is 6.25. The third-order valence-electron chi connectivity index (χ3n) is 9.56. The fourth-order valence-electron chi connectivity index (χ4n) is 6.78.